The minimum atomic E-state index is 0.0881. The number of methoxy groups -OCH3 is 3. The molecule has 108 valence electrons. The Morgan fingerprint density at radius 3 is 2.53 bits per heavy atom. The lowest BCUT2D eigenvalue weighted by Gasteiger charge is -2.20. The van der Waals surface area contributed by atoms with Gasteiger partial charge in [0.15, 0.2) is 0 Å². The third-order valence-electron chi connectivity index (χ3n) is 3.10. The zero-order chi connectivity index (χ0) is 14.1. The van der Waals surface area contributed by atoms with Crippen LogP contribution in [0.5, 0.6) is 5.75 Å². The summed E-state index contributed by atoms with van der Waals surface area (Å²) in [5, 5.41) is 3.46. The number of rotatable bonds is 9. The van der Waals surface area contributed by atoms with Crippen molar-refractivity contribution >= 4 is 0 Å². The lowest BCUT2D eigenvalue weighted by Crippen LogP contribution is -2.37. The van der Waals surface area contributed by atoms with E-state index in [0.717, 1.165) is 18.7 Å². The maximum Gasteiger partial charge on any atom is 0.122 e. The Morgan fingerprint density at radius 2 is 1.89 bits per heavy atom. The van der Waals surface area contributed by atoms with Crippen LogP contribution >= 0.6 is 0 Å². The quantitative estimate of drug-likeness (QED) is 0.741. The summed E-state index contributed by atoms with van der Waals surface area (Å²) in [4.78, 5) is 0. The van der Waals surface area contributed by atoms with Crippen LogP contribution in [0.25, 0.3) is 0 Å². The lowest BCUT2D eigenvalue weighted by molar-refractivity contribution is 0.0276. The summed E-state index contributed by atoms with van der Waals surface area (Å²) >= 11 is 0. The molecular formula is C15H25NO3. The Labute approximate surface area is 116 Å². The van der Waals surface area contributed by atoms with Gasteiger partial charge in [-0.2, -0.15) is 0 Å². The fourth-order valence-electron chi connectivity index (χ4n) is 2.00. The van der Waals surface area contributed by atoms with E-state index in [2.05, 4.69) is 18.3 Å². The van der Waals surface area contributed by atoms with Crippen LogP contribution in [0.15, 0.2) is 24.3 Å². The van der Waals surface area contributed by atoms with E-state index in [1.807, 2.05) is 18.2 Å². The molecule has 1 rings (SSSR count). The molecule has 0 amide bonds. The predicted molar refractivity (Wildman–Crippen MR) is 76.8 cm³/mol. The fraction of sp³-hybridized carbons (Fsp3) is 0.600. The number of benzene rings is 1. The molecule has 0 aliphatic carbocycles. The monoisotopic (exact) mass is 267 g/mol. The first-order valence-electron chi connectivity index (χ1n) is 6.58. The molecule has 1 aromatic rings. The Kier molecular flexibility index (Phi) is 7.48. The Hall–Kier alpha value is -1.10. The van der Waals surface area contributed by atoms with E-state index in [4.69, 9.17) is 14.2 Å². The summed E-state index contributed by atoms with van der Waals surface area (Å²) in [7, 11) is 5.09. The van der Waals surface area contributed by atoms with Crippen molar-refractivity contribution in [3.05, 3.63) is 29.8 Å². The van der Waals surface area contributed by atoms with Crippen LogP contribution in [0.3, 0.4) is 0 Å². The molecule has 0 aliphatic rings. The molecule has 4 nitrogen and oxygen atoms in total. The third-order valence-corrected chi connectivity index (χ3v) is 3.10. The van der Waals surface area contributed by atoms with Gasteiger partial charge in [0.2, 0.25) is 0 Å². The van der Waals surface area contributed by atoms with Crippen molar-refractivity contribution in [3.63, 3.8) is 0 Å². The van der Waals surface area contributed by atoms with E-state index < -0.39 is 0 Å². The molecule has 0 saturated carbocycles. The van der Waals surface area contributed by atoms with Gasteiger partial charge in [0.05, 0.1) is 19.8 Å². The van der Waals surface area contributed by atoms with Gasteiger partial charge in [-0.25, -0.2) is 0 Å². The minimum absolute atomic E-state index is 0.0881. The van der Waals surface area contributed by atoms with Crippen LogP contribution in [-0.2, 0) is 15.9 Å². The first kappa shape index (κ1) is 16.0. The van der Waals surface area contributed by atoms with Crippen LogP contribution in [-0.4, -0.2) is 46.6 Å². The number of para-hydroxylation sites is 1. The highest BCUT2D eigenvalue weighted by Crippen LogP contribution is 2.18. The molecule has 0 spiro atoms. The topological polar surface area (TPSA) is 39.7 Å². The van der Waals surface area contributed by atoms with Crippen molar-refractivity contribution in [3.8, 4) is 5.75 Å². The van der Waals surface area contributed by atoms with Gasteiger partial charge in [-0.3, -0.25) is 0 Å². The first-order valence-corrected chi connectivity index (χ1v) is 6.58. The Balaban J connectivity index is 2.44. The smallest absolute Gasteiger partial charge is 0.122 e. The van der Waals surface area contributed by atoms with E-state index in [9.17, 15) is 0 Å². The molecule has 0 aromatic heterocycles. The van der Waals surface area contributed by atoms with E-state index in [0.29, 0.717) is 12.6 Å². The van der Waals surface area contributed by atoms with Crippen molar-refractivity contribution in [1.29, 1.82) is 0 Å². The first-order chi connectivity index (χ1) is 9.21. The predicted octanol–water partition coefficient (Wildman–Crippen LogP) is 1.88. The van der Waals surface area contributed by atoms with E-state index in [-0.39, 0.29) is 6.10 Å². The summed E-state index contributed by atoms with van der Waals surface area (Å²) in [5.41, 5.74) is 1.21. The van der Waals surface area contributed by atoms with Crippen molar-refractivity contribution < 1.29 is 14.2 Å². The van der Waals surface area contributed by atoms with Gasteiger partial charge in [0.25, 0.3) is 0 Å². The zero-order valence-electron chi connectivity index (χ0n) is 12.3. The van der Waals surface area contributed by atoms with Gasteiger partial charge in [-0.15, -0.1) is 0 Å². The van der Waals surface area contributed by atoms with Gasteiger partial charge in [-0.05, 0) is 25.0 Å². The van der Waals surface area contributed by atoms with Crippen LogP contribution in [0.2, 0.25) is 0 Å². The average molecular weight is 267 g/mol. The second-order valence-corrected chi connectivity index (χ2v) is 4.64. The third kappa shape index (κ3) is 5.59. The van der Waals surface area contributed by atoms with Crippen molar-refractivity contribution in [2.75, 3.05) is 34.5 Å². The molecule has 0 heterocycles. The molecular weight excluding hydrogens is 242 g/mol. The van der Waals surface area contributed by atoms with Crippen molar-refractivity contribution in [2.45, 2.75) is 25.5 Å². The molecule has 1 aromatic carbocycles. The number of nitrogens with one attached hydrogen (secondary N) is 1. The molecule has 0 bridgehead atoms. The van der Waals surface area contributed by atoms with Gasteiger partial charge in [0.1, 0.15) is 5.75 Å². The van der Waals surface area contributed by atoms with Crippen LogP contribution in [0.1, 0.15) is 12.5 Å². The highest BCUT2D eigenvalue weighted by molar-refractivity contribution is 5.33. The SMILES string of the molecule is COCC(CNC(C)Cc1ccccc1OC)OC. The summed E-state index contributed by atoms with van der Waals surface area (Å²) in [6.45, 7) is 3.54. The van der Waals surface area contributed by atoms with E-state index in [1.54, 1.807) is 21.3 Å². The molecule has 0 fully saturated rings. The van der Waals surface area contributed by atoms with Gasteiger partial charge < -0.3 is 19.5 Å². The zero-order valence-corrected chi connectivity index (χ0v) is 12.3. The molecule has 1 N–H and O–H groups in total. The van der Waals surface area contributed by atoms with Crippen LogP contribution < -0.4 is 10.1 Å². The van der Waals surface area contributed by atoms with Gasteiger partial charge >= 0.3 is 0 Å². The standard InChI is InChI=1S/C15H25NO3/c1-12(16-10-14(18-3)11-17-2)9-13-7-5-6-8-15(13)19-4/h5-8,12,14,16H,9-11H2,1-4H3. The number of ether oxygens (including phenoxy) is 3. The van der Waals surface area contributed by atoms with Crippen molar-refractivity contribution in [2.24, 2.45) is 0 Å². The molecule has 19 heavy (non-hydrogen) atoms. The van der Waals surface area contributed by atoms with E-state index in [1.165, 1.54) is 5.56 Å². The molecule has 0 radical (unpaired) electrons. The Bertz CT molecular complexity index is 357. The van der Waals surface area contributed by atoms with Gasteiger partial charge in [-0.1, -0.05) is 18.2 Å². The van der Waals surface area contributed by atoms with Crippen molar-refractivity contribution in [1.82, 2.24) is 5.32 Å². The molecule has 2 unspecified atom stereocenters. The fourth-order valence-corrected chi connectivity index (χ4v) is 2.00. The second-order valence-electron chi connectivity index (χ2n) is 4.64. The number of hydrogen-bond acceptors (Lipinski definition) is 4. The lowest BCUT2D eigenvalue weighted by atomic mass is 10.1. The number of hydrogen-bond donors (Lipinski definition) is 1. The van der Waals surface area contributed by atoms with Crippen LogP contribution in [0.4, 0.5) is 0 Å². The molecule has 2 atom stereocenters. The summed E-state index contributed by atoms with van der Waals surface area (Å²) in [6, 6.07) is 8.46. The molecule has 4 heteroatoms. The maximum atomic E-state index is 5.36. The summed E-state index contributed by atoms with van der Waals surface area (Å²) in [6.07, 6.45) is 1.01. The molecule has 0 aliphatic heterocycles. The van der Waals surface area contributed by atoms with E-state index >= 15 is 0 Å². The largest absolute Gasteiger partial charge is 0.496 e. The summed E-state index contributed by atoms with van der Waals surface area (Å²) < 4.78 is 15.8. The normalized spacial score (nSPS) is 14.1. The average Bonchev–Trinajstić information content (AvgIpc) is 2.44. The van der Waals surface area contributed by atoms with Gasteiger partial charge in [0, 0.05) is 26.8 Å². The highest BCUT2D eigenvalue weighted by atomic mass is 16.5. The second kappa shape index (κ2) is 8.91. The van der Waals surface area contributed by atoms with Crippen LogP contribution in [0, 0.1) is 0 Å². The molecule has 0 saturated heterocycles. The highest BCUT2D eigenvalue weighted by Gasteiger charge is 2.11. The minimum Gasteiger partial charge on any atom is -0.496 e. The maximum absolute atomic E-state index is 5.36. The Morgan fingerprint density at radius 1 is 1.16 bits per heavy atom. The summed E-state index contributed by atoms with van der Waals surface area (Å²) in [5.74, 6) is 0.941.